The monoisotopic (exact) mass is 384 g/mol. The minimum absolute atomic E-state index is 0.110. The number of rotatable bonds is 6. The molecule has 0 saturated carbocycles. The van der Waals surface area contributed by atoms with E-state index in [1.54, 1.807) is 32.9 Å². The molecular weight excluding hydrogens is 356 g/mol. The highest BCUT2D eigenvalue weighted by atomic mass is 16.7. The molecule has 0 aromatic heterocycles. The van der Waals surface area contributed by atoms with Crippen molar-refractivity contribution in [2.75, 3.05) is 6.61 Å². The summed E-state index contributed by atoms with van der Waals surface area (Å²) < 4.78 is 17.8. The lowest BCUT2D eigenvalue weighted by Crippen LogP contribution is -2.61. The van der Waals surface area contributed by atoms with Crippen molar-refractivity contribution in [3.8, 4) is 11.8 Å². The number of Topliss-reactive ketones (excluding diaryl/α,β-unsaturated/α-hetero) is 2. The van der Waals surface area contributed by atoms with Crippen molar-refractivity contribution >= 4 is 11.6 Å². The molecule has 28 heavy (non-hydrogen) atoms. The first kappa shape index (κ1) is 22.0. The Balaban J connectivity index is 2.33. The van der Waals surface area contributed by atoms with Gasteiger partial charge in [0.2, 0.25) is 5.78 Å². The molecule has 0 radical (unpaired) electrons. The second-order valence-electron chi connectivity index (χ2n) is 7.43. The Bertz CT molecular complexity index is 784. The average molecular weight is 384 g/mol. The molecule has 1 saturated heterocycles. The van der Waals surface area contributed by atoms with Gasteiger partial charge >= 0.3 is 0 Å². The molecule has 1 heterocycles. The van der Waals surface area contributed by atoms with E-state index in [-0.39, 0.29) is 24.8 Å². The molecule has 0 spiro atoms. The van der Waals surface area contributed by atoms with E-state index in [0.29, 0.717) is 0 Å². The fraction of sp³-hybridized carbons (Fsp3) is 0.478. The van der Waals surface area contributed by atoms with E-state index in [1.165, 1.54) is 6.92 Å². The predicted octanol–water partition coefficient (Wildman–Crippen LogP) is 3.47. The lowest BCUT2D eigenvalue weighted by atomic mass is 9.82. The minimum Gasteiger partial charge on any atom is -0.360 e. The molecular formula is C23H28O5. The van der Waals surface area contributed by atoms with Gasteiger partial charge in [-0.3, -0.25) is 9.59 Å². The summed E-state index contributed by atoms with van der Waals surface area (Å²) in [4.78, 5) is 25.3. The van der Waals surface area contributed by atoms with Crippen molar-refractivity contribution in [2.45, 2.75) is 58.7 Å². The molecule has 0 N–H and O–H groups in total. The zero-order chi connectivity index (χ0) is 20.8. The highest BCUT2D eigenvalue weighted by Crippen LogP contribution is 2.36. The van der Waals surface area contributed by atoms with Crippen molar-refractivity contribution in [3.63, 3.8) is 0 Å². The average Bonchev–Trinajstić information content (AvgIpc) is 2.66. The molecule has 0 aliphatic carbocycles. The Morgan fingerprint density at radius 1 is 1.32 bits per heavy atom. The van der Waals surface area contributed by atoms with Gasteiger partial charge in [0, 0.05) is 0 Å². The fourth-order valence-electron chi connectivity index (χ4n) is 2.99. The van der Waals surface area contributed by atoms with Gasteiger partial charge in [0.05, 0.1) is 19.1 Å². The van der Waals surface area contributed by atoms with Crippen molar-refractivity contribution in [3.05, 3.63) is 48.0 Å². The molecule has 0 unspecified atom stereocenters. The van der Waals surface area contributed by atoms with Crippen LogP contribution in [0.2, 0.25) is 0 Å². The van der Waals surface area contributed by atoms with Crippen molar-refractivity contribution in [1.29, 1.82) is 0 Å². The van der Waals surface area contributed by atoms with Gasteiger partial charge in [-0.1, -0.05) is 42.3 Å². The van der Waals surface area contributed by atoms with Crippen LogP contribution < -0.4 is 0 Å². The van der Waals surface area contributed by atoms with Gasteiger partial charge in [0.25, 0.3) is 0 Å². The summed E-state index contributed by atoms with van der Waals surface area (Å²) in [6.07, 6.45) is 2.53. The maximum atomic E-state index is 12.7. The van der Waals surface area contributed by atoms with Gasteiger partial charge in [-0.2, -0.15) is 0 Å². The Morgan fingerprint density at radius 2 is 2.00 bits per heavy atom. The smallest absolute Gasteiger partial charge is 0.213 e. The van der Waals surface area contributed by atoms with E-state index in [1.807, 2.05) is 37.3 Å². The second kappa shape index (κ2) is 9.29. The van der Waals surface area contributed by atoms with Gasteiger partial charge < -0.3 is 14.2 Å². The first-order valence-electron chi connectivity index (χ1n) is 9.37. The molecule has 1 aromatic carbocycles. The topological polar surface area (TPSA) is 61.8 Å². The van der Waals surface area contributed by atoms with Crippen LogP contribution in [0.15, 0.2) is 42.5 Å². The summed E-state index contributed by atoms with van der Waals surface area (Å²) in [5.41, 5.74) is -0.392. The van der Waals surface area contributed by atoms with E-state index in [2.05, 4.69) is 11.8 Å². The highest BCUT2D eigenvalue weighted by Gasteiger charge is 2.52. The Hall–Kier alpha value is -2.26. The van der Waals surface area contributed by atoms with E-state index < -0.39 is 23.4 Å². The van der Waals surface area contributed by atoms with Gasteiger partial charge in [-0.15, -0.1) is 0 Å². The van der Waals surface area contributed by atoms with Gasteiger partial charge in [0.15, 0.2) is 17.2 Å². The van der Waals surface area contributed by atoms with Crippen molar-refractivity contribution < 1.29 is 23.8 Å². The first-order valence-corrected chi connectivity index (χ1v) is 9.37. The zero-order valence-electron chi connectivity index (χ0n) is 17.2. The van der Waals surface area contributed by atoms with E-state index in [9.17, 15) is 9.59 Å². The van der Waals surface area contributed by atoms with Crippen LogP contribution in [0.25, 0.3) is 0 Å². The zero-order valence-corrected chi connectivity index (χ0v) is 17.2. The molecule has 2 rings (SSSR count). The quantitative estimate of drug-likeness (QED) is 0.555. The minimum atomic E-state index is -1.32. The third-order valence-corrected chi connectivity index (χ3v) is 4.79. The summed E-state index contributed by atoms with van der Waals surface area (Å²) in [6.45, 7) is 8.78. The highest BCUT2D eigenvalue weighted by molar-refractivity contribution is 5.99. The molecule has 3 atom stereocenters. The van der Waals surface area contributed by atoms with Crippen LogP contribution in [0.4, 0.5) is 0 Å². The SMILES string of the molecule is C/C=C/C#CC(=O)[C@H]1COC(C)(C)O[C@@H]1[C@](C)(OCc1ccccc1)C(C)=O. The number of hydrogen-bond acceptors (Lipinski definition) is 5. The van der Waals surface area contributed by atoms with E-state index in [4.69, 9.17) is 14.2 Å². The summed E-state index contributed by atoms with van der Waals surface area (Å²) in [5, 5.41) is 0. The van der Waals surface area contributed by atoms with E-state index >= 15 is 0 Å². The van der Waals surface area contributed by atoms with Crippen LogP contribution in [0.5, 0.6) is 0 Å². The fourth-order valence-corrected chi connectivity index (χ4v) is 2.99. The number of carbonyl (C=O) groups excluding carboxylic acids is 2. The lowest BCUT2D eigenvalue weighted by molar-refractivity contribution is -0.316. The number of ketones is 2. The number of hydrogen-bond donors (Lipinski definition) is 0. The van der Waals surface area contributed by atoms with Crippen molar-refractivity contribution in [2.24, 2.45) is 5.92 Å². The van der Waals surface area contributed by atoms with Crippen LogP contribution in [-0.4, -0.2) is 35.7 Å². The summed E-state index contributed by atoms with van der Waals surface area (Å²) in [5.74, 6) is 3.07. The summed E-state index contributed by atoms with van der Waals surface area (Å²) in [6, 6.07) is 9.55. The molecule has 1 aliphatic rings. The number of allylic oxidation sites excluding steroid dienone is 2. The van der Waals surface area contributed by atoms with Crippen LogP contribution in [0.3, 0.4) is 0 Å². The Labute approximate surface area is 167 Å². The molecule has 1 aromatic rings. The molecule has 0 amide bonds. The maximum Gasteiger partial charge on any atom is 0.213 e. The van der Waals surface area contributed by atoms with Crippen LogP contribution in [-0.2, 0) is 30.4 Å². The van der Waals surface area contributed by atoms with Crippen LogP contribution >= 0.6 is 0 Å². The third kappa shape index (κ3) is 5.39. The lowest BCUT2D eigenvalue weighted by Gasteiger charge is -2.46. The maximum absolute atomic E-state index is 12.7. The van der Waals surface area contributed by atoms with E-state index in [0.717, 1.165) is 5.56 Å². The molecule has 5 nitrogen and oxygen atoms in total. The molecule has 0 bridgehead atoms. The molecule has 1 fully saturated rings. The number of benzene rings is 1. The van der Waals surface area contributed by atoms with Gasteiger partial charge in [0.1, 0.15) is 6.10 Å². The van der Waals surface area contributed by atoms with Crippen molar-refractivity contribution in [1.82, 2.24) is 0 Å². The second-order valence-corrected chi connectivity index (χ2v) is 7.43. The standard InChI is InChI=1S/C23H28O5/c1-6-7-9-14-20(25)19-16-26-22(3,4)28-21(19)23(5,17(2)24)27-15-18-12-10-8-11-13-18/h6-8,10-13,19,21H,15-16H2,1-5H3/b7-6+/t19-,21+,23-/m1/s1. The first-order chi connectivity index (χ1) is 13.2. The van der Waals surface area contributed by atoms with Gasteiger partial charge in [-0.05, 0) is 52.2 Å². The Morgan fingerprint density at radius 3 is 2.61 bits per heavy atom. The molecule has 150 valence electrons. The normalized spacial score (nSPS) is 23.5. The van der Waals surface area contributed by atoms with Gasteiger partial charge in [-0.25, -0.2) is 0 Å². The molecule has 5 heteroatoms. The predicted molar refractivity (Wildman–Crippen MR) is 106 cm³/mol. The third-order valence-electron chi connectivity index (χ3n) is 4.79. The van der Waals surface area contributed by atoms with Crippen LogP contribution in [0, 0.1) is 17.8 Å². The number of carbonyl (C=O) groups is 2. The summed E-state index contributed by atoms with van der Waals surface area (Å²) in [7, 11) is 0. The molecule has 1 aliphatic heterocycles. The number of ether oxygens (including phenoxy) is 3. The summed E-state index contributed by atoms with van der Waals surface area (Å²) >= 11 is 0. The largest absolute Gasteiger partial charge is 0.360 e. The van der Waals surface area contributed by atoms with Crippen LogP contribution in [0.1, 0.15) is 40.2 Å². The Kier molecular flexibility index (Phi) is 7.31.